The Morgan fingerprint density at radius 3 is 2.62 bits per heavy atom. The Balaban J connectivity index is 0.000000256. The molecule has 2 aromatic heterocycles. The molecule has 0 radical (unpaired) electrons. The molecule has 0 spiro atoms. The maximum absolute atomic E-state index is 10.6. The predicted octanol–water partition coefficient (Wildman–Crippen LogP) is 2.38. The second kappa shape index (κ2) is 7.35. The van der Waals surface area contributed by atoms with Crippen LogP contribution in [0, 0.1) is 0 Å². The first kappa shape index (κ1) is 17.8. The van der Waals surface area contributed by atoms with Crippen LogP contribution in [-0.4, -0.2) is 38.7 Å². The molecule has 6 nitrogen and oxygen atoms in total. The molecule has 0 saturated heterocycles. The van der Waals surface area contributed by atoms with Crippen LogP contribution in [0.25, 0.3) is 11.5 Å². The van der Waals surface area contributed by atoms with E-state index in [2.05, 4.69) is 27.2 Å². The van der Waals surface area contributed by atoms with Gasteiger partial charge in [-0.3, -0.25) is 4.98 Å². The Labute approximate surface area is 135 Å². The van der Waals surface area contributed by atoms with Crippen molar-refractivity contribution in [3.63, 3.8) is 0 Å². The summed E-state index contributed by atoms with van der Waals surface area (Å²) in [5.74, 6) is -2.04. The van der Waals surface area contributed by atoms with Crippen molar-refractivity contribution in [1.29, 1.82) is 0 Å². The minimum Gasteiger partial charge on any atom is -0.475 e. The maximum Gasteiger partial charge on any atom is 0.490 e. The molecule has 2 aromatic rings. The van der Waals surface area contributed by atoms with Crippen molar-refractivity contribution in [3.8, 4) is 11.5 Å². The predicted molar refractivity (Wildman–Crippen MR) is 79.1 cm³/mol. The number of carboxylic acids is 1. The number of nitrogens with zero attached hydrogens (tertiary/aromatic N) is 3. The van der Waals surface area contributed by atoms with Crippen LogP contribution in [0.2, 0.25) is 0 Å². The summed E-state index contributed by atoms with van der Waals surface area (Å²) in [6, 6.07) is 6.13. The molecule has 9 heteroatoms. The molecule has 0 aliphatic carbocycles. The molecule has 128 valence electrons. The lowest BCUT2D eigenvalue weighted by Crippen LogP contribution is -2.28. The quantitative estimate of drug-likeness (QED) is 0.829. The zero-order chi connectivity index (χ0) is 17.7. The third-order valence-corrected chi connectivity index (χ3v) is 3.32. The zero-order valence-corrected chi connectivity index (χ0v) is 12.7. The van der Waals surface area contributed by atoms with Gasteiger partial charge in [-0.15, -0.1) is 0 Å². The summed E-state index contributed by atoms with van der Waals surface area (Å²) in [7, 11) is 0. The minimum absolute atomic E-state index is 0.344. The molecule has 0 bridgehead atoms. The number of rotatable bonds is 1. The lowest BCUT2D eigenvalue weighted by atomic mass is 10.0. The van der Waals surface area contributed by atoms with Gasteiger partial charge in [0.15, 0.2) is 5.82 Å². The Kier molecular flexibility index (Phi) is 5.45. The molecule has 0 saturated carbocycles. The molecule has 1 aliphatic rings. The van der Waals surface area contributed by atoms with Crippen LogP contribution in [0.1, 0.15) is 24.2 Å². The van der Waals surface area contributed by atoms with E-state index < -0.39 is 12.1 Å². The molecule has 0 fully saturated rings. The number of nitrogens with one attached hydrogen (secondary N) is 1. The van der Waals surface area contributed by atoms with Crippen molar-refractivity contribution in [2.24, 2.45) is 0 Å². The number of carbonyl (C=O) groups is 1. The SMILES string of the molecule is CC1NCCc2nc(-c3ccccn3)ncc21.O=C(O)C(F)(F)F. The molecular weight excluding hydrogens is 325 g/mol. The van der Waals surface area contributed by atoms with E-state index in [9.17, 15) is 13.2 Å². The Hall–Kier alpha value is -2.55. The van der Waals surface area contributed by atoms with E-state index in [4.69, 9.17) is 9.90 Å². The molecule has 1 unspecified atom stereocenters. The van der Waals surface area contributed by atoms with Crippen LogP contribution < -0.4 is 5.32 Å². The van der Waals surface area contributed by atoms with E-state index in [1.165, 1.54) is 5.56 Å². The van der Waals surface area contributed by atoms with Crippen molar-refractivity contribution < 1.29 is 23.1 Å². The van der Waals surface area contributed by atoms with Crippen LogP contribution in [-0.2, 0) is 11.2 Å². The molecule has 24 heavy (non-hydrogen) atoms. The van der Waals surface area contributed by atoms with E-state index in [-0.39, 0.29) is 0 Å². The van der Waals surface area contributed by atoms with Gasteiger partial charge < -0.3 is 10.4 Å². The highest BCUT2D eigenvalue weighted by atomic mass is 19.4. The number of pyridine rings is 1. The minimum atomic E-state index is -5.08. The van der Waals surface area contributed by atoms with Gasteiger partial charge >= 0.3 is 12.1 Å². The van der Waals surface area contributed by atoms with Crippen molar-refractivity contribution >= 4 is 5.97 Å². The maximum atomic E-state index is 10.6. The molecule has 3 heterocycles. The lowest BCUT2D eigenvalue weighted by Gasteiger charge is -2.22. The van der Waals surface area contributed by atoms with Crippen molar-refractivity contribution in [3.05, 3.63) is 41.9 Å². The lowest BCUT2D eigenvalue weighted by molar-refractivity contribution is -0.192. The number of halogens is 3. The zero-order valence-electron chi connectivity index (χ0n) is 12.7. The smallest absolute Gasteiger partial charge is 0.475 e. The average molecular weight is 340 g/mol. The summed E-state index contributed by atoms with van der Waals surface area (Å²) in [5, 5.41) is 10.5. The van der Waals surface area contributed by atoms with Gasteiger partial charge in [-0.2, -0.15) is 13.2 Å². The van der Waals surface area contributed by atoms with Crippen LogP contribution in [0.15, 0.2) is 30.6 Å². The summed E-state index contributed by atoms with van der Waals surface area (Å²) in [5.41, 5.74) is 3.18. The van der Waals surface area contributed by atoms with Gasteiger partial charge in [0.25, 0.3) is 0 Å². The molecule has 0 aromatic carbocycles. The van der Waals surface area contributed by atoms with Crippen LogP contribution >= 0.6 is 0 Å². The molecule has 3 rings (SSSR count). The Morgan fingerprint density at radius 2 is 2.04 bits per heavy atom. The van der Waals surface area contributed by atoms with Gasteiger partial charge in [-0.05, 0) is 19.1 Å². The summed E-state index contributed by atoms with van der Waals surface area (Å²) >= 11 is 0. The van der Waals surface area contributed by atoms with Crippen LogP contribution in [0.3, 0.4) is 0 Å². The summed E-state index contributed by atoms with van der Waals surface area (Å²) in [6.45, 7) is 3.12. The van der Waals surface area contributed by atoms with E-state index in [0.717, 1.165) is 30.2 Å². The van der Waals surface area contributed by atoms with Gasteiger partial charge in [0.05, 0.1) is 5.69 Å². The van der Waals surface area contributed by atoms with E-state index in [0.29, 0.717) is 6.04 Å². The highest BCUT2D eigenvalue weighted by molar-refractivity contribution is 5.73. The summed E-state index contributed by atoms with van der Waals surface area (Å²) < 4.78 is 31.7. The number of hydrogen-bond acceptors (Lipinski definition) is 5. The number of carboxylic acid groups (broad SMARTS) is 1. The van der Waals surface area contributed by atoms with Crippen LogP contribution in [0.5, 0.6) is 0 Å². The van der Waals surface area contributed by atoms with Crippen molar-refractivity contribution in [2.75, 3.05) is 6.54 Å². The molecule has 1 aliphatic heterocycles. The van der Waals surface area contributed by atoms with Gasteiger partial charge in [-0.25, -0.2) is 14.8 Å². The molecule has 1 atom stereocenters. The van der Waals surface area contributed by atoms with Crippen LogP contribution in [0.4, 0.5) is 13.2 Å². The fraction of sp³-hybridized carbons (Fsp3) is 0.333. The summed E-state index contributed by atoms with van der Waals surface area (Å²) in [6.07, 6.45) is -0.437. The van der Waals surface area contributed by atoms with Gasteiger partial charge in [0.2, 0.25) is 0 Å². The largest absolute Gasteiger partial charge is 0.490 e. The Morgan fingerprint density at radius 1 is 1.33 bits per heavy atom. The molecule has 2 N–H and O–H groups in total. The Bertz CT molecular complexity index is 708. The normalized spacial score (nSPS) is 16.6. The highest BCUT2D eigenvalue weighted by Crippen LogP contribution is 2.22. The third-order valence-electron chi connectivity index (χ3n) is 3.32. The first-order chi connectivity index (χ1) is 11.3. The topological polar surface area (TPSA) is 88.0 Å². The first-order valence-corrected chi connectivity index (χ1v) is 7.09. The third kappa shape index (κ3) is 4.48. The summed E-state index contributed by atoms with van der Waals surface area (Å²) in [4.78, 5) is 22.2. The number of aromatic nitrogens is 3. The van der Waals surface area contributed by atoms with Crippen molar-refractivity contribution in [1.82, 2.24) is 20.3 Å². The molecule has 0 amide bonds. The first-order valence-electron chi connectivity index (χ1n) is 7.09. The van der Waals surface area contributed by atoms with Gasteiger partial charge in [0, 0.05) is 37.0 Å². The van der Waals surface area contributed by atoms with E-state index >= 15 is 0 Å². The fourth-order valence-electron chi connectivity index (χ4n) is 2.12. The highest BCUT2D eigenvalue weighted by Gasteiger charge is 2.38. The number of hydrogen-bond donors (Lipinski definition) is 2. The number of aliphatic carboxylic acids is 1. The number of alkyl halides is 3. The second-order valence-corrected chi connectivity index (χ2v) is 5.04. The van der Waals surface area contributed by atoms with Gasteiger partial charge in [-0.1, -0.05) is 6.07 Å². The molecular formula is C15H15F3N4O2. The van der Waals surface area contributed by atoms with Gasteiger partial charge in [0.1, 0.15) is 5.69 Å². The monoisotopic (exact) mass is 340 g/mol. The van der Waals surface area contributed by atoms with E-state index in [1.807, 2.05) is 24.4 Å². The second-order valence-electron chi connectivity index (χ2n) is 5.04. The van der Waals surface area contributed by atoms with E-state index in [1.54, 1.807) is 6.20 Å². The average Bonchev–Trinajstić information content (AvgIpc) is 2.55. The fourth-order valence-corrected chi connectivity index (χ4v) is 2.12. The van der Waals surface area contributed by atoms with Crippen molar-refractivity contribution in [2.45, 2.75) is 25.6 Å². The standard InChI is InChI=1S/C13H14N4.C2HF3O2/c1-9-10-8-16-13(12-4-2-3-6-15-12)17-11(10)5-7-14-9;3-2(4,5)1(6)7/h2-4,6,8-9,14H,5,7H2,1H3;(H,6,7). The number of fused-ring (bicyclic) bond motifs is 1.